The number of carbonyl (C=O) groups is 2. The summed E-state index contributed by atoms with van der Waals surface area (Å²) in [5, 5.41) is 21.0. The fourth-order valence-corrected chi connectivity index (χ4v) is 2.95. The van der Waals surface area contributed by atoms with Crippen molar-refractivity contribution in [3.8, 4) is 17.6 Å². The minimum atomic E-state index is -0.869. The third-order valence-electron chi connectivity index (χ3n) is 4.40. The number of anilines is 1. The van der Waals surface area contributed by atoms with Gasteiger partial charge in [0.15, 0.2) is 0 Å². The van der Waals surface area contributed by atoms with Crippen LogP contribution in [0.25, 0.3) is 0 Å². The van der Waals surface area contributed by atoms with Gasteiger partial charge in [0.2, 0.25) is 0 Å². The number of ether oxygens (including phenoxy) is 1. The van der Waals surface area contributed by atoms with Crippen LogP contribution in [0.15, 0.2) is 48.5 Å². The number of piperidine rings is 1. The zero-order chi connectivity index (χ0) is 19.2. The van der Waals surface area contributed by atoms with Crippen LogP contribution in [0.4, 0.5) is 10.5 Å². The maximum absolute atomic E-state index is 12.3. The second kappa shape index (κ2) is 8.23. The number of carboxylic acid groups (broad SMARTS) is 1. The number of nitrogens with one attached hydrogen (secondary N) is 1. The molecule has 2 amide bonds. The van der Waals surface area contributed by atoms with Gasteiger partial charge in [-0.2, -0.15) is 5.26 Å². The molecule has 7 nitrogen and oxygen atoms in total. The molecule has 2 aromatic rings. The Morgan fingerprint density at radius 3 is 2.63 bits per heavy atom. The summed E-state index contributed by atoms with van der Waals surface area (Å²) in [5.41, 5.74) is 1.02. The largest absolute Gasteiger partial charge is 0.481 e. The van der Waals surface area contributed by atoms with Gasteiger partial charge < -0.3 is 20.1 Å². The average molecular weight is 365 g/mol. The summed E-state index contributed by atoms with van der Waals surface area (Å²) in [6, 6.07) is 15.5. The number of amides is 2. The molecule has 7 heteroatoms. The fraction of sp³-hybridized carbons (Fsp3) is 0.250. The Morgan fingerprint density at radius 2 is 1.93 bits per heavy atom. The Morgan fingerprint density at radius 1 is 1.19 bits per heavy atom. The van der Waals surface area contributed by atoms with Gasteiger partial charge >= 0.3 is 12.0 Å². The maximum Gasteiger partial charge on any atom is 0.321 e. The molecule has 138 valence electrons. The summed E-state index contributed by atoms with van der Waals surface area (Å²) < 4.78 is 5.71. The van der Waals surface area contributed by atoms with Gasteiger partial charge in [0.05, 0.1) is 11.5 Å². The van der Waals surface area contributed by atoms with Gasteiger partial charge in [-0.1, -0.05) is 12.1 Å². The Labute approximate surface area is 156 Å². The molecule has 1 aliphatic heterocycles. The van der Waals surface area contributed by atoms with Crippen molar-refractivity contribution in [3.05, 3.63) is 54.1 Å². The number of rotatable bonds is 4. The van der Waals surface area contributed by atoms with E-state index in [4.69, 9.17) is 15.1 Å². The van der Waals surface area contributed by atoms with Gasteiger partial charge in [-0.3, -0.25) is 4.79 Å². The molecule has 0 aliphatic carbocycles. The molecular weight excluding hydrogens is 346 g/mol. The van der Waals surface area contributed by atoms with Crippen molar-refractivity contribution >= 4 is 17.7 Å². The standard InChI is InChI=1S/C20H19N3O4/c21-12-14-4-1-2-6-18(14)27-17-9-7-16(8-10-17)22-20(26)23-11-3-5-15(13-23)19(24)25/h1-2,4,6-10,15H,3,5,11,13H2,(H,22,26)(H,24,25). The molecule has 3 rings (SSSR count). The molecule has 1 fully saturated rings. The highest BCUT2D eigenvalue weighted by atomic mass is 16.5. The van der Waals surface area contributed by atoms with Gasteiger partial charge in [-0.15, -0.1) is 0 Å². The number of carboxylic acids is 1. The number of hydrogen-bond donors (Lipinski definition) is 2. The summed E-state index contributed by atoms with van der Waals surface area (Å²) in [6.07, 6.45) is 1.27. The summed E-state index contributed by atoms with van der Waals surface area (Å²) in [4.78, 5) is 25.0. The number of carbonyl (C=O) groups excluding carboxylic acids is 1. The Bertz CT molecular complexity index is 874. The molecule has 0 radical (unpaired) electrons. The lowest BCUT2D eigenvalue weighted by Gasteiger charge is -2.30. The number of urea groups is 1. The molecule has 1 aliphatic rings. The Kier molecular flexibility index (Phi) is 5.57. The van der Waals surface area contributed by atoms with Crippen molar-refractivity contribution in [2.24, 2.45) is 5.92 Å². The lowest BCUT2D eigenvalue weighted by Crippen LogP contribution is -2.44. The second-order valence-electron chi connectivity index (χ2n) is 6.29. The van der Waals surface area contributed by atoms with Crippen LogP contribution in [-0.4, -0.2) is 35.1 Å². The second-order valence-corrected chi connectivity index (χ2v) is 6.29. The van der Waals surface area contributed by atoms with Gasteiger partial charge in [0, 0.05) is 18.8 Å². The topological polar surface area (TPSA) is 103 Å². The number of nitriles is 1. The van der Waals surface area contributed by atoms with Crippen molar-refractivity contribution in [1.82, 2.24) is 4.90 Å². The number of likely N-dealkylation sites (tertiary alicyclic amines) is 1. The van der Waals surface area contributed by atoms with Crippen molar-refractivity contribution in [2.45, 2.75) is 12.8 Å². The number of aliphatic carboxylic acids is 1. The smallest absolute Gasteiger partial charge is 0.321 e. The van der Waals surface area contributed by atoms with E-state index in [2.05, 4.69) is 11.4 Å². The predicted octanol–water partition coefficient (Wildman–Crippen LogP) is 3.68. The molecule has 1 atom stereocenters. The first-order chi connectivity index (χ1) is 13.1. The van der Waals surface area contributed by atoms with Crippen LogP contribution >= 0.6 is 0 Å². The molecule has 27 heavy (non-hydrogen) atoms. The normalized spacial score (nSPS) is 16.3. The molecule has 1 saturated heterocycles. The van der Waals surface area contributed by atoms with Gasteiger partial charge in [0.1, 0.15) is 17.6 Å². The highest BCUT2D eigenvalue weighted by Crippen LogP contribution is 2.26. The van der Waals surface area contributed by atoms with Crippen molar-refractivity contribution in [1.29, 1.82) is 5.26 Å². The zero-order valence-corrected chi connectivity index (χ0v) is 14.6. The van der Waals surface area contributed by atoms with Crippen molar-refractivity contribution in [3.63, 3.8) is 0 Å². The van der Waals surface area contributed by atoms with E-state index in [0.29, 0.717) is 42.1 Å². The molecular formula is C20H19N3O4. The van der Waals surface area contributed by atoms with Crippen LogP contribution in [0.1, 0.15) is 18.4 Å². The van der Waals surface area contributed by atoms with E-state index in [1.807, 2.05) is 0 Å². The zero-order valence-electron chi connectivity index (χ0n) is 14.6. The van der Waals surface area contributed by atoms with E-state index < -0.39 is 11.9 Å². The first-order valence-electron chi connectivity index (χ1n) is 8.62. The maximum atomic E-state index is 12.3. The summed E-state index contributed by atoms with van der Waals surface area (Å²) in [7, 11) is 0. The van der Waals surface area contributed by atoms with Gasteiger partial charge in [-0.05, 0) is 49.2 Å². The van der Waals surface area contributed by atoms with Gasteiger partial charge in [0.25, 0.3) is 0 Å². The lowest BCUT2D eigenvalue weighted by atomic mass is 9.99. The van der Waals surface area contributed by atoms with Crippen LogP contribution < -0.4 is 10.1 Å². The van der Waals surface area contributed by atoms with E-state index in [1.54, 1.807) is 48.5 Å². The van der Waals surface area contributed by atoms with Crippen LogP contribution in [0, 0.1) is 17.2 Å². The first-order valence-corrected chi connectivity index (χ1v) is 8.62. The first kappa shape index (κ1) is 18.3. The molecule has 1 heterocycles. The van der Waals surface area contributed by atoms with Crippen LogP contribution in [0.2, 0.25) is 0 Å². The van der Waals surface area contributed by atoms with E-state index in [0.717, 1.165) is 0 Å². The number of nitrogens with zero attached hydrogens (tertiary/aromatic N) is 2. The molecule has 0 saturated carbocycles. The van der Waals surface area contributed by atoms with Crippen LogP contribution in [0.3, 0.4) is 0 Å². The summed E-state index contributed by atoms with van der Waals surface area (Å²) in [6.45, 7) is 0.759. The molecule has 2 aromatic carbocycles. The third kappa shape index (κ3) is 4.55. The van der Waals surface area contributed by atoms with Crippen molar-refractivity contribution < 1.29 is 19.4 Å². The Balaban J connectivity index is 1.61. The highest BCUT2D eigenvalue weighted by Gasteiger charge is 2.28. The molecule has 0 spiro atoms. The molecule has 2 N–H and O–H groups in total. The SMILES string of the molecule is N#Cc1ccccc1Oc1ccc(NC(=O)N2CCCC(C(=O)O)C2)cc1. The van der Waals surface area contributed by atoms with Crippen LogP contribution in [0.5, 0.6) is 11.5 Å². The number of hydrogen-bond acceptors (Lipinski definition) is 4. The molecule has 0 bridgehead atoms. The number of benzene rings is 2. The predicted molar refractivity (Wildman–Crippen MR) is 98.6 cm³/mol. The van der Waals surface area contributed by atoms with Crippen LogP contribution in [-0.2, 0) is 4.79 Å². The summed E-state index contributed by atoms with van der Waals surface area (Å²) in [5.74, 6) is -0.378. The minimum Gasteiger partial charge on any atom is -0.481 e. The highest BCUT2D eigenvalue weighted by molar-refractivity contribution is 5.89. The monoisotopic (exact) mass is 365 g/mol. The number of para-hydroxylation sites is 1. The Hall–Kier alpha value is -3.53. The van der Waals surface area contributed by atoms with E-state index >= 15 is 0 Å². The fourth-order valence-electron chi connectivity index (χ4n) is 2.95. The average Bonchev–Trinajstić information content (AvgIpc) is 2.70. The lowest BCUT2D eigenvalue weighted by molar-refractivity contribution is -0.143. The van der Waals surface area contributed by atoms with Crippen molar-refractivity contribution in [2.75, 3.05) is 18.4 Å². The van der Waals surface area contributed by atoms with E-state index in [9.17, 15) is 9.59 Å². The summed E-state index contributed by atoms with van der Waals surface area (Å²) >= 11 is 0. The third-order valence-corrected chi connectivity index (χ3v) is 4.40. The minimum absolute atomic E-state index is 0.216. The van der Waals surface area contributed by atoms with E-state index in [-0.39, 0.29) is 12.6 Å². The molecule has 1 unspecified atom stereocenters. The molecule has 0 aromatic heterocycles. The quantitative estimate of drug-likeness (QED) is 0.860. The van der Waals surface area contributed by atoms with E-state index in [1.165, 1.54) is 4.90 Å². The van der Waals surface area contributed by atoms with Gasteiger partial charge in [-0.25, -0.2) is 4.79 Å².